The number of ether oxygens (including phenoxy) is 1. The predicted molar refractivity (Wildman–Crippen MR) is 159 cm³/mol. The summed E-state index contributed by atoms with van der Waals surface area (Å²) >= 11 is 0. The van der Waals surface area contributed by atoms with E-state index in [-0.39, 0.29) is 6.04 Å². The van der Waals surface area contributed by atoms with Gasteiger partial charge in [-0.2, -0.15) is 10.4 Å². The molecule has 2 aromatic heterocycles. The van der Waals surface area contributed by atoms with Gasteiger partial charge in [0.15, 0.2) is 5.83 Å². The number of fused-ring (bicyclic) bond motifs is 2. The van der Waals surface area contributed by atoms with Gasteiger partial charge in [-0.3, -0.25) is 9.48 Å². The Hall–Kier alpha value is -4.17. The van der Waals surface area contributed by atoms with Crippen LogP contribution >= 0.6 is 0 Å². The Balaban J connectivity index is 1.37. The van der Waals surface area contributed by atoms with E-state index in [0.29, 0.717) is 57.2 Å². The molecule has 3 aliphatic rings. The van der Waals surface area contributed by atoms with E-state index in [1.54, 1.807) is 0 Å². The van der Waals surface area contributed by atoms with Crippen molar-refractivity contribution in [3.8, 4) is 11.9 Å². The topological polar surface area (TPSA) is 93.8 Å². The van der Waals surface area contributed by atoms with Gasteiger partial charge in [-0.25, -0.2) is 9.37 Å². The van der Waals surface area contributed by atoms with Crippen molar-refractivity contribution in [2.45, 2.75) is 38.8 Å². The summed E-state index contributed by atoms with van der Waals surface area (Å²) in [7, 11) is 4.05. The van der Waals surface area contributed by atoms with E-state index in [9.17, 15) is 14.4 Å². The van der Waals surface area contributed by atoms with Crippen molar-refractivity contribution in [3.63, 3.8) is 0 Å². The van der Waals surface area contributed by atoms with Gasteiger partial charge in [0.1, 0.15) is 18.2 Å². The number of likely N-dealkylation sites (tertiary alicyclic amines) is 1. The second-order valence-electron chi connectivity index (χ2n) is 11.6. The molecule has 42 heavy (non-hydrogen) atoms. The van der Waals surface area contributed by atoms with Crippen LogP contribution in [0, 0.1) is 18.3 Å². The van der Waals surface area contributed by atoms with Crippen molar-refractivity contribution in [2.24, 2.45) is 7.05 Å². The third-order valence-electron chi connectivity index (χ3n) is 9.03. The number of halogens is 1. The number of aromatic nitrogens is 3. The number of aryl methyl sites for hydroxylation is 2. The number of hydrogen-bond donors (Lipinski definition) is 0. The molecule has 2 fully saturated rings. The molecule has 1 unspecified atom stereocenters. The van der Waals surface area contributed by atoms with Crippen LogP contribution in [0.3, 0.4) is 0 Å². The lowest BCUT2D eigenvalue weighted by molar-refractivity contribution is -0.128. The summed E-state index contributed by atoms with van der Waals surface area (Å²) < 4.78 is 21.8. The van der Waals surface area contributed by atoms with Crippen LogP contribution in [0.1, 0.15) is 35.2 Å². The molecule has 3 aliphatic heterocycles. The lowest BCUT2D eigenvalue weighted by atomic mass is 9.97. The number of nitriles is 1. The molecule has 0 aliphatic carbocycles. The number of piperazine rings is 1. The summed E-state index contributed by atoms with van der Waals surface area (Å²) in [6.45, 7) is 9.77. The minimum absolute atomic E-state index is 0.281. The van der Waals surface area contributed by atoms with Gasteiger partial charge < -0.3 is 24.3 Å². The van der Waals surface area contributed by atoms with Crippen molar-refractivity contribution in [3.05, 3.63) is 53.1 Å². The first-order valence-electron chi connectivity index (χ1n) is 14.6. The number of anilines is 2. The molecule has 5 heterocycles. The molecule has 2 saturated heterocycles. The van der Waals surface area contributed by atoms with Crippen LogP contribution in [0.5, 0.6) is 5.88 Å². The summed E-state index contributed by atoms with van der Waals surface area (Å²) in [5, 5.41) is 16.0. The average Bonchev–Trinajstić information content (AvgIpc) is 3.58. The normalized spacial score (nSPS) is 19.2. The highest BCUT2D eigenvalue weighted by molar-refractivity contribution is 5.94. The molecule has 6 rings (SSSR count). The molecule has 0 bridgehead atoms. The zero-order valence-corrected chi connectivity index (χ0v) is 24.6. The maximum Gasteiger partial charge on any atom is 0.282 e. The van der Waals surface area contributed by atoms with Crippen molar-refractivity contribution in [2.75, 3.05) is 62.7 Å². The van der Waals surface area contributed by atoms with Crippen molar-refractivity contribution in [1.82, 2.24) is 24.6 Å². The summed E-state index contributed by atoms with van der Waals surface area (Å²) in [6, 6.07) is 6.92. The number of rotatable bonds is 6. The third-order valence-corrected chi connectivity index (χ3v) is 9.03. The van der Waals surface area contributed by atoms with Gasteiger partial charge in [-0.05, 0) is 51.4 Å². The van der Waals surface area contributed by atoms with E-state index in [4.69, 9.17) is 9.72 Å². The fraction of sp³-hybridized carbons (Fsp3) is 0.484. The molecule has 0 saturated carbocycles. The van der Waals surface area contributed by atoms with Crippen LogP contribution in [0.15, 0.2) is 30.7 Å². The molecule has 1 aromatic carbocycles. The molecule has 1 amide bonds. The van der Waals surface area contributed by atoms with Crippen LogP contribution < -0.4 is 14.5 Å². The van der Waals surface area contributed by atoms with E-state index in [1.807, 2.05) is 17.9 Å². The number of nitrogens with zero attached hydrogens (tertiary/aromatic N) is 8. The summed E-state index contributed by atoms with van der Waals surface area (Å²) in [5.74, 6) is -1.26. The van der Waals surface area contributed by atoms with Crippen LogP contribution in [0.2, 0.25) is 0 Å². The average molecular weight is 573 g/mol. The Labute approximate surface area is 245 Å². The molecular formula is C31H37FN8O2. The Kier molecular flexibility index (Phi) is 7.49. The molecule has 0 radical (unpaired) electrons. The zero-order valence-electron chi connectivity index (χ0n) is 24.6. The van der Waals surface area contributed by atoms with E-state index < -0.39 is 11.7 Å². The van der Waals surface area contributed by atoms with Crippen molar-refractivity contribution >= 4 is 28.2 Å². The summed E-state index contributed by atoms with van der Waals surface area (Å²) in [5.41, 5.74) is 6.58. The van der Waals surface area contributed by atoms with Gasteiger partial charge in [0.25, 0.3) is 5.91 Å². The second-order valence-corrected chi connectivity index (χ2v) is 11.6. The number of likely N-dealkylation sites (N-methyl/N-ethyl adjacent to an activating group) is 1. The fourth-order valence-corrected chi connectivity index (χ4v) is 6.69. The van der Waals surface area contributed by atoms with E-state index >= 15 is 0 Å². The van der Waals surface area contributed by atoms with E-state index in [1.165, 1.54) is 10.5 Å². The highest BCUT2D eigenvalue weighted by Crippen LogP contribution is 2.40. The van der Waals surface area contributed by atoms with Crippen molar-refractivity contribution in [1.29, 1.82) is 5.26 Å². The number of hydrogen-bond acceptors (Lipinski definition) is 8. The Morgan fingerprint density at radius 1 is 1.14 bits per heavy atom. The molecule has 220 valence electrons. The maximum absolute atomic E-state index is 13.6. The highest BCUT2D eigenvalue weighted by atomic mass is 19.1. The van der Waals surface area contributed by atoms with Gasteiger partial charge in [0.05, 0.1) is 35.3 Å². The molecular weight excluding hydrogens is 535 g/mol. The fourth-order valence-electron chi connectivity index (χ4n) is 6.69. The van der Waals surface area contributed by atoms with Gasteiger partial charge >= 0.3 is 0 Å². The Morgan fingerprint density at radius 3 is 2.62 bits per heavy atom. The van der Waals surface area contributed by atoms with Crippen LogP contribution in [0.25, 0.3) is 10.9 Å². The highest BCUT2D eigenvalue weighted by Gasteiger charge is 2.33. The largest absolute Gasteiger partial charge is 0.475 e. The SMILES string of the molecule is C=C(F)C(=O)N1CCN(c2c(C#N)c(OCC3CCCN3C)nc3c2CCN(c2c(C)ccc4c2cnn4C)C3)CC1. The van der Waals surface area contributed by atoms with Crippen molar-refractivity contribution < 1.29 is 13.9 Å². The third kappa shape index (κ3) is 4.94. The van der Waals surface area contributed by atoms with E-state index in [0.717, 1.165) is 59.5 Å². The molecule has 0 N–H and O–H groups in total. The second kappa shape index (κ2) is 11.2. The number of carbonyl (C=O) groups excluding carboxylic acids is 1. The molecule has 10 nitrogen and oxygen atoms in total. The maximum atomic E-state index is 13.6. The molecule has 0 spiro atoms. The predicted octanol–water partition coefficient (Wildman–Crippen LogP) is 3.32. The summed E-state index contributed by atoms with van der Waals surface area (Å²) in [6.07, 6.45) is 4.80. The van der Waals surface area contributed by atoms with Gasteiger partial charge in [-0.1, -0.05) is 12.6 Å². The van der Waals surface area contributed by atoms with Crippen LogP contribution in [0.4, 0.5) is 15.8 Å². The zero-order chi connectivity index (χ0) is 29.5. The summed E-state index contributed by atoms with van der Waals surface area (Å²) in [4.78, 5) is 25.5. The van der Waals surface area contributed by atoms with Gasteiger partial charge in [0, 0.05) is 56.8 Å². The standard InChI is InChI=1S/C31H37FN8O2/c1-20-7-8-27-25(17-34-37(27)4)28(20)40-11-9-23-26(18-40)35-30(42-19-22-6-5-10-36(22)3)24(16-33)29(23)38-12-14-39(15-13-38)31(41)21(2)32/h7-8,17,22H,2,5-6,9-15,18-19H2,1,3-4H3. The lowest BCUT2D eigenvalue weighted by Crippen LogP contribution is -2.49. The Morgan fingerprint density at radius 2 is 1.93 bits per heavy atom. The van der Waals surface area contributed by atoms with E-state index in [2.05, 4.69) is 58.6 Å². The van der Waals surface area contributed by atoms with Crippen LogP contribution in [-0.4, -0.2) is 89.4 Å². The Bertz CT molecular complexity index is 1590. The number of benzene rings is 1. The van der Waals surface area contributed by atoms with Crippen LogP contribution in [-0.2, 0) is 24.8 Å². The van der Waals surface area contributed by atoms with Gasteiger partial charge in [0.2, 0.25) is 5.88 Å². The molecule has 1 atom stereocenters. The first-order chi connectivity index (χ1) is 20.3. The molecule has 11 heteroatoms. The molecule has 3 aromatic rings. The first-order valence-corrected chi connectivity index (χ1v) is 14.6. The minimum atomic E-state index is -0.950. The minimum Gasteiger partial charge on any atom is -0.475 e. The lowest BCUT2D eigenvalue weighted by Gasteiger charge is -2.39. The number of pyridine rings is 1. The number of carbonyl (C=O) groups is 1. The monoisotopic (exact) mass is 572 g/mol. The quantitative estimate of drug-likeness (QED) is 0.416. The van der Waals surface area contributed by atoms with Gasteiger partial charge in [-0.15, -0.1) is 0 Å². The smallest absolute Gasteiger partial charge is 0.282 e. The first kappa shape index (κ1) is 28.0. The number of amides is 1.